The number of fused-ring (bicyclic) bond motifs is 3. The summed E-state index contributed by atoms with van der Waals surface area (Å²) in [5.74, 6) is 0. The minimum Gasteiger partial charge on any atom is -0.282 e. The van der Waals surface area contributed by atoms with Crippen LogP contribution in [-0.2, 0) is 0 Å². The van der Waals surface area contributed by atoms with E-state index in [1.165, 1.54) is 38.5 Å². The Morgan fingerprint density at radius 3 is 2.14 bits per heavy atom. The fraction of sp³-hybridized carbons (Fsp3) is 0.0526. The monoisotopic (exact) mass is 383 g/mol. The van der Waals surface area contributed by atoms with Crippen LogP contribution in [0.25, 0.3) is 32.9 Å². The van der Waals surface area contributed by atoms with Crippen LogP contribution in [0, 0.1) is 6.92 Å². The minimum absolute atomic E-state index is 1.27. The summed E-state index contributed by atoms with van der Waals surface area (Å²) in [4.78, 5) is 0. The van der Waals surface area contributed by atoms with Crippen LogP contribution in [-0.4, -0.2) is 2.78 Å². The van der Waals surface area contributed by atoms with E-state index < -0.39 is 0 Å². The maximum atomic E-state index is 2.39. The molecule has 3 aromatic carbocycles. The van der Waals surface area contributed by atoms with Crippen LogP contribution in [0.5, 0.6) is 0 Å². The molecule has 0 radical (unpaired) electrons. The van der Waals surface area contributed by atoms with Crippen molar-refractivity contribution >= 4 is 44.7 Å². The zero-order chi connectivity index (χ0) is 14.4. The number of halogens is 1. The highest BCUT2D eigenvalue weighted by atomic mass is 127. The smallest absolute Gasteiger partial charge is 0.0646 e. The highest BCUT2D eigenvalue weighted by molar-refractivity contribution is 14.1. The van der Waals surface area contributed by atoms with Crippen molar-refractivity contribution in [2.45, 2.75) is 6.92 Å². The quantitative estimate of drug-likeness (QED) is 0.357. The van der Waals surface area contributed by atoms with Crippen LogP contribution in [0.4, 0.5) is 0 Å². The van der Waals surface area contributed by atoms with Crippen molar-refractivity contribution in [2.75, 3.05) is 0 Å². The Balaban J connectivity index is 2.07. The number of hydrogen-bond acceptors (Lipinski definition) is 0. The number of rotatable bonds is 1. The molecule has 0 saturated heterocycles. The first-order valence-electron chi connectivity index (χ1n) is 7.00. The molecular weight excluding hydrogens is 369 g/mol. The first kappa shape index (κ1) is 12.9. The summed E-state index contributed by atoms with van der Waals surface area (Å²) >= 11 is 2.39. The Morgan fingerprint density at radius 2 is 1.38 bits per heavy atom. The Morgan fingerprint density at radius 1 is 0.714 bits per heavy atom. The molecular formula is C19H14IN. The average molecular weight is 383 g/mol. The van der Waals surface area contributed by atoms with Gasteiger partial charge in [0.2, 0.25) is 0 Å². The van der Waals surface area contributed by atoms with Gasteiger partial charge in [-0.1, -0.05) is 48.0 Å². The molecule has 4 aromatic rings. The summed E-state index contributed by atoms with van der Waals surface area (Å²) in [5, 5.41) is 2.65. The van der Waals surface area contributed by atoms with Crippen LogP contribution < -0.4 is 0 Å². The third-order valence-corrected chi connectivity index (χ3v) is 5.01. The molecule has 2 heteroatoms. The van der Waals surface area contributed by atoms with Gasteiger partial charge in [0, 0.05) is 10.8 Å². The summed E-state index contributed by atoms with van der Waals surface area (Å²) in [6.07, 6.45) is 0. The van der Waals surface area contributed by atoms with E-state index in [-0.39, 0.29) is 0 Å². The van der Waals surface area contributed by atoms with Gasteiger partial charge in [-0.25, -0.2) is 0 Å². The molecule has 0 N–H and O–H groups in total. The molecule has 1 aromatic heterocycles. The summed E-state index contributed by atoms with van der Waals surface area (Å²) in [7, 11) is 0. The first-order chi connectivity index (χ1) is 10.2. The molecule has 0 saturated carbocycles. The Kier molecular flexibility index (Phi) is 3.00. The molecule has 0 aliphatic carbocycles. The van der Waals surface area contributed by atoms with E-state index in [0.717, 1.165) is 0 Å². The van der Waals surface area contributed by atoms with Crippen LogP contribution in [0.1, 0.15) is 5.56 Å². The average Bonchev–Trinajstić information content (AvgIpc) is 2.80. The van der Waals surface area contributed by atoms with Crippen molar-refractivity contribution in [3.8, 4) is 11.1 Å². The molecule has 21 heavy (non-hydrogen) atoms. The van der Waals surface area contributed by atoms with Crippen molar-refractivity contribution in [1.82, 2.24) is 2.78 Å². The predicted molar refractivity (Wildman–Crippen MR) is 99.0 cm³/mol. The summed E-state index contributed by atoms with van der Waals surface area (Å²) in [6, 6.07) is 24.0. The summed E-state index contributed by atoms with van der Waals surface area (Å²) in [5.41, 5.74) is 6.39. The number of benzene rings is 3. The number of nitrogens with zero attached hydrogens (tertiary/aromatic N) is 1. The zero-order valence-electron chi connectivity index (χ0n) is 11.7. The normalized spacial score (nSPS) is 11.3. The zero-order valence-corrected chi connectivity index (χ0v) is 13.8. The van der Waals surface area contributed by atoms with Gasteiger partial charge in [-0.15, -0.1) is 0 Å². The molecule has 0 spiro atoms. The Labute approximate surface area is 137 Å². The lowest BCUT2D eigenvalue weighted by Gasteiger charge is -2.02. The van der Waals surface area contributed by atoms with E-state index in [0.29, 0.717) is 0 Å². The lowest BCUT2D eigenvalue weighted by molar-refractivity contribution is 1.46. The molecule has 0 aliphatic heterocycles. The minimum atomic E-state index is 1.27. The first-order valence-corrected chi connectivity index (χ1v) is 7.97. The van der Waals surface area contributed by atoms with Gasteiger partial charge in [0.1, 0.15) is 0 Å². The van der Waals surface area contributed by atoms with E-state index in [1.807, 2.05) is 0 Å². The lowest BCUT2D eigenvalue weighted by atomic mass is 10.0. The predicted octanol–water partition coefficient (Wildman–Crippen LogP) is 5.97. The van der Waals surface area contributed by atoms with Crippen molar-refractivity contribution in [2.24, 2.45) is 0 Å². The third kappa shape index (κ3) is 2.05. The molecule has 4 rings (SSSR count). The van der Waals surface area contributed by atoms with Crippen LogP contribution in [0.15, 0.2) is 66.7 Å². The molecule has 0 amide bonds. The fourth-order valence-electron chi connectivity index (χ4n) is 2.90. The molecule has 102 valence electrons. The fourth-order valence-corrected chi connectivity index (χ4v) is 3.74. The van der Waals surface area contributed by atoms with E-state index in [1.54, 1.807) is 0 Å². The molecule has 0 unspecified atom stereocenters. The van der Waals surface area contributed by atoms with Gasteiger partial charge in [-0.3, -0.25) is 2.78 Å². The van der Waals surface area contributed by atoms with E-state index in [2.05, 4.69) is 99.3 Å². The van der Waals surface area contributed by atoms with Gasteiger partial charge >= 0.3 is 0 Å². The maximum Gasteiger partial charge on any atom is 0.0646 e. The number of hydrogen-bond donors (Lipinski definition) is 0. The second-order valence-corrected chi connectivity index (χ2v) is 6.36. The Bertz CT molecular complexity index is 952. The van der Waals surface area contributed by atoms with Crippen molar-refractivity contribution in [3.05, 3.63) is 72.3 Å². The van der Waals surface area contributed by atoms with E-state index >= 15 is 0 Å². The molecule has 1 nitrogen and oxygen atoms in total. The maximum absolute atomic E-state index is 2.39. The van der Waals surface area contributed by atoms with Crippen molar-refractivity contribution < 1.29 is 0 Å². The lowest BCUT2D eigenvalue weighted by Crippen LogP contribution is -1.79. The van der Waals surface area contributed by atoms with Gasteiger partial charge in [0.05, 0.1) is 33.9 Å². The van der Waals surface area contributed by atoms with Crippen molar-refractivity contribution in [3.63, 3.8) is 0 Å². The standard InChI is InChI=1S/C19H14IN/c1-13-7-9-18-16(11-13)17-12-15(8-10-19(17)21(18)20)14-5-3-2-4-6-14/h2-12H,1H3. The third-order valence-electron chi connectivity index (χ3n) is 3.97. The van der Waals surface area contributed by atoms with Gasteiger partial charge < -0.3 is 0 Å². The highest BCUT2D eigenvalue weighted by Crippen LogP contribution is 2.34. The summed E-state index contributed by atoms with van der Waals surface area (Å²) < 4.78 is 2.25. The van der Waals surface area contributed by atoms with Crippen LogP contribution in [0.3, 0.4) is 0 Å². The second-order valence-electron chi connectivity index (χ2n) is 5.40. The second kappa shape index (κ2) is 4.88. The van der Waals surface area contributed by atoms with Crippen LogP contribution in [0.2, 0.25) is 0 Å². The van der Waals surface area contributed by atoms with E-state index in [4.69, 9.17) is 0 Å². The van der Waals surface area contributed by atoms with Crippen molar-refractivity contribution in [1.29, 1.82) is 0 Å². The SMILES string of the molecule is Cc1ccc2c(c1)c1cc(-c3ccccc3)ccc1n2I. The Hall–Kier alpha value is -1.81. The topological polar surface area (TPSA) is 4.93 Å². The largest absolute Gasteiger partial charge is 0.282 e. The molecule has 0 aliphatic rings. The molecule has 0 bridgehead atoms. The molecule has 0 atom stereocenters. The summed E-state index contributed by atoms with van der Waals surface area (Å²) in [6.45, 7) is 2.15. The van der Waals surface area contributed by atoms with E-state index in [9.17, 15) is 0 Å². The van der Waals surface area contributed by atoms with Gasteiger partial charge in [0.25, 0.3) is 0 Å². The highest BCUT2D eigenvalue weighted by Gasteiger charge is 2.10. The van der Waals surface area contributed by atoms with Gasteiger partial charge in [0.15, 0.2) is 0 Å². The van der Waals surface area contributed by atoms with Gasteiger partial charge in [-0.2, -0.15) is 0 Å². The number of aryl methyl sites for hydroxylation is 1. The number of aromatic nitrogens is 1. The molecule has 1 heterocycles. The molecule has 0 fully saturated rings. The van der Waals surface area contributed by atoms with Crippen LogP contribution >= 0.6 is 22.9 Å². The van der Waals surface area contributed by atoms with Gasteiger partial charge in [-0.05, 0) is 42.3 Å².